The second-order valence-corrected chi connectivity index (χ2v) is 7.29. The minimum Gasteiger partial charge on any atom is -0.337 e. The molecule has 1 saturated heterocycles. The first-order valence-electron chi connectivity index (χ1n) is 9.55. The third-order valence-corrected chi connectivity index (χ3v) is 4.80. The van der Waals surface area contributed by atoms with Crippen LogP contribution in [0.5, 0.6) is 0 Å². The van der Waals surface area contributed by atoms with E-state index in [9.17, 15) is 4.79 Å². The molecule has 1 aliphatic rings. The number of para-hydroxylation sites is 1. The van der Waals surface area contributed by atoms with E-state index in [1.54, 1.807) is 6.07 Å². The van der Waals surface area contributed by atoms with Crippen LogP contribution in [0.2, 0.25) is 0 Å². The fraction of sp³-hybridized carbons (Fsp3) is 0.476. The number of rotatable bonds is 4. The van der Waals surface area contributed by atoms with Crippen molar-refractivity contribution in [1.82, 2.24) is 14.9 Å². The predicted molar refractivity (Wildman–Crippen MR) is 105 cm³/mol. The van der Waals surface area contributed by atoms with Gasteiger partial charge < -0.3 is 10.2 Å². The Hall–Kier alpha value is -2.43. The highest BCUT2D eigenvalue weighted by Gasteiger charge is 2.20. The lowest BCUT2D eigenvalue weighted by molar-refractivity contribution is 0.0755. The van der Waals surface area contributed by atoms with Crippen LogP contribution in [0.4, 0.5) is 11.6 Å². The van der Waals surface area contributed by atoms with Crippen LogP contribution < -0.4 is 5.32 Å². The van der Waals surface area contributed by atoms with Gasteiger partial charge in [0.05, 0.1) is 0 Å². The van der Waals surface area contributed by atoms with Gasteiger partial charge in [0, 0.05) is 24.5 Å². The maximum Gasteiger partial charge on any atom is 0.272 e. The van der Waals surface area contributed by atoms with Gasteiger partial charge in [0.25, 0.3) is 5.91 Å². The SMILES string of the molecule is Cc1cc(C(=O)N2CCCCCC2)nc(Nc2ccccc2C(C)C)n1. The molecule has 0 radical (unpaired) electrons. The number of hydrogen-bond acceptors (Lipinski definition) is 4. The molecule has 138 valence electrons. The molecular weight excluding hydrogens is 324 g/mol. The van der Waals surface area contributed by atoms with Crippen molar-refractivity contribution in [3.8, 4) is 0 Å². The van der Waals surface area contributed by atoms with E-state index in [2.05, 4.69) is 35.2 Å². The summed E-state index contributed by atoms with van der Waals surface area (Å²) in [4.78, 5) is 23.8. The summed E-state index contributed by atoms with van der Waals surface area (Å²) in [6.45, 7) is 7.86. The van der Waals surface area contributed by atoms with E-state index in [-0.39, 0.29) is 5.91 Å². The molecule has 1 fully saturated rings. The van der Waals surface area contributed by atoms with Gasteiger partial charge in [-0.1, -0.05) is 44.9 Å². The van der Waals surface area contributed by atoms with E-state index >= 15 is 0 Å². The van der Waals surface area contributed by atoms with Gasteiger partial charge in [-0.15, -0.1) is 0 Å². The second kappa shape index (κ2) is 8.30. The molecule has 2 heterocycles. The van der Waals surface area contributed by atoms with Gasteiger partial charge in [-0.05, 0) is 43.4 Å². The van der Waals surface area contributed by atoms with Crippen molar-refractivity contribution in [3.63, 3.8) is 0 Å². The molecule has 1 N–H and O–H groups in total. The average molecular weight is 352 g/mol. The zero-order chi connectivity index (χ0) is 18.5. The van der Waals surface area contributed by atoms with E-state index in [0.717, 1.165) is 37.3 Å². The minimum atomic E-state index is 0.0117. The quantitative estimate of drug-likeness (QED) is 0.869. The van der Waals surface area contributed by atoms with Crippen molar-refractivity contribution in [2.24, 2.45) is 0 Å². The molecule has 1 aliphatic heterocycles. The van der Waals surface area contributed by atoms with Crippen molar-refractivity contribution in [3.05, 3.63) is 47.3 Å². The number of anilines is 2. The number of nitrogens with zero attached hydrogens (tertiary/aromatic N) is 3. The average Bonchev–Trinajstić information content (AvgIpc) is 2.90. The summed E-state index contributed by atoms with van der Waals surface area (Å²) in [5, 5.41) is 3.31. The molecule has 0 saturated carbocycles. The van der Waals surface area contributed by atoms with Crippen molar-refractivity contribution < 1.29 is 4.79 Å². The van der Waals surface area contributed by atoms with E-state index in [1.807, 2.05) is 30.0 Å². The van der Waals surface area contributed by atoms with E-state index in [0.29, 0.717) is 17.6 Å². The van der Waals surface area contributed by atoms with Crippen LogP contribution in [0.1, 0.15) is 67.2 Å². The fourth-order valence-corrected chi connectivity index (χ4v) is 3.40. The predicted octanol–water partition coefficient (Wildman–Crippen LogP) is 4.67. The topological polar surface area (TPSA) is 58.1 Å². The van der Waals surface area contributed by atoms with Gasteiger partial charge in [0.1, 0.15) is 5.69 Å². The van der Waals surface area contributed by atoms with Gasteiger partial charge in [0.2, 0.25) is 5.95 Å². The highest BCUT2D eigenvalue weighted by molar-refractivity contribution is 5.92. The highest BCUT2D eigenvalue weighted by atomic mass is 16.2. The Kier molecular flexibility index (Phi) is 5.86. The molecule has 0 bridgehead atoms. The summed E-state index contributed by atoms with van der Waals surface area (Å²) in [7, 11) is 0. The smallest absolute Gasteiger partial charge is 0.272 e. The van der Waals surface area contributed by atoms with Gasteiger partial charge in [-0.25, -0.2) is 9.97 Å². The number of carbonyl (C=O) groups is 1. The molecule has 0 spiro atoms. The number of hydrogen-bond donors (Lipinski definition) is 1. The molecule has 0 atom stereocenters. The molecule has 1 aromatic carbocycles. The number of aryl methyl sites for hydroxylation is 1. The summed E-state index contributed by atoms with van der Waals surface area (Å²) in [6.07, 6.45) is 4.54. The summed E-state index contributed by atoms with van der Waals surface area (Å²) >= 11 is 0. The van der Waals surface area contributed by atoms with Gasteiger partial charge >= 0.3 is 0 Å². The van der Waals surface area contributed by atoms with Crippen LogP contribution in [0.25, 0.3) is 0 Å². The first kappa shape index (κ1) is 18.4. The Labute approximate surface area is 155 Å². The number of aromatic nitrogens is 2. The number of carbonyl (C=O) groups excluding carboxylic acids is 1. The number of nitrogens with one attached hydrogen (secondary N) is 1. The number of likely N-dealkylation sites (tertiary alicyclic amines) is 1. The van der Waals surface area contributed by atoms with E-state index in [4.69, 9.17) is 0 Å². The molecule has 3 rings (SSSR count). The van der Waals surface area contributed by atoms with Crippen molar-refractivity contribution >= 4 is 17.5 Å². The highest BCUT2D eigenvalue weighted by Crippen LogP contribution is 2.26. The Morgan fingerprint density at radius 3 is 2.46 bits per heavy atom. The Bertz CT molecular complexity index is 764. The molecule has 0 unspecified atom stereocenters. The molecule has 5 heteroatoms. The van der Waals surface area contributed by atoms with Gasteiger partial charge in [-0.2, -0.15) is 0 Å². The third kappa shape index (κ3) is 4.40. The van der Waals surface area contributed by atoms with Crippen molar-refractivity contribution in [2.45, 2.75) is 52.4 Å². The van der Waals surface area contributed by atoms with Gasteiger partial charge in [0.15, 0.2) is 0 Å². The molecular formula is C21H28N4O. The molecule has 26 heavy (non-hydrogen) atoms. The van der Waals surface area contributed by atoms with Crippen LogP contribution in [-0.2, 0) is 0 Å². The number of benzene rings is 1. The Balaban J connectivity index is 1.85. The summed E-state index contributed by atoms with van der Waals surface area (Å²) in [5.41, 5.74) is 3.46. The van der Waals surface area contributed by atoms with Crippen LogP contribution in [0.15, 0.2) is 30.3 Å². The second-order valence-electron chi connectivity index (χ2n) is 7.29. The largest absolute Gasteiger partial charge is 0.337 e. The zero-order valence-electron chi connectivity index (χ0n) is 16.0. The third-order valence-electron chi connectivity index (χ3n) is 4.80. The van der Waals surface area contributed by atoms with E-state index < -0.39 is 0 Å². The Morgan fingerprint density at radius 1 is 1.08 bits per heavy atom. The fourth-order valence-electron chi connectivity index (χ4n) is 3.40. The van der Waals surface area contributed by atoms with Crippen LogP contribution in [0.3, 0.4) is 0 Å². The first-order chi connectivity index (χ1) is 12.5. The van der Waals surface area contributed by atoms with E-state index in [1.165, 1.54) is 18.4 Å². The van der Waals surface area contributed by atoms with Gasteiger partial charge in [-0.3, -0.25) is 4.79 Å². The van der Waals surface area contributed by atoms with Crippen LogP contribution in [-0.4, -0.2) is 33.9 Å². The zero-order valence-corrected chi connectivity index (χ0v) is 16.0. The maximum atomic E-state index is 12.9. The molecule has 0 aliphatic carbocycles. The normalized spacial score (nSPS) is 15.0. The van der Waals surface area contributed by atoms with Crippen molar-refractivity contribution in [1.29, 1.82) is 0 Å². The number of amides is 1. The van der Waals surface area contributed by atoms with Crippen LogP contribution in [0, 0.1) is 6.92 Å². The summed E-state index contributed by atoms with van der Waals surface area (Å²) < 4.78 is 0. The lowest BCUT2D eigenvalue weighted by atomic mass is 10.0. The molecule has 2 aromatic rings. The minimum absolute atomic E-state index is 0.0117. The first-order valence-corrected chi connectivity index (χ1v) is 9.55. The van der Waals surface area contributed by atoms with Crippen molar-refractivity contribution in [2.75, 3.05) is 18.4 Å². The summed E-state index contributed by atoms with van der Waals surface area (Å²) in [5.74, 6) is 0.885. The lowest BCUT2D eigenvalue weighted by Crippen LogP contribution is -2.32. The Morgan fingerprint density at radius 2 is 1.77 bits per heavy atom. The maximum absolute atomic E-state index is 12.9. The molecule has 1 amide bonds. The standard InChI is InChI=1S/C21H28N4O/c1-15(2)17-10-6-7-11-18(17)23-21-22-16(3)14-19(24-21)20(26)25-12-8-4-5-9-13-25/h6-7,10-11,14-15H,4-5,8-9,12-13H2,1-3H3,(H,22,23,24). The molecule has 5 nitrogen and oxygen atoms in total. The van der Waals surface area contributed by atoms with Crippen LogP contribution >= 0.6 is 0 Å². The molecule has 1 aromatic heterocycles. The summed E-state index contributed by atoms with van der Waals surface area (Å²) in [6, 6.07) is 9.94. The monoisotopic (exact) mass is 352 g/mol. The lowest BCUT2D eigenvalue weighted by Gasteiger charge is -2.20.